The smallest absolute Gasteiger partial charge is 0.151 e. The Balaban J connectivity index is 1.49. The maximum Gasteiger partial charge on any atom is 0.151 e. The summed E-state index contributed by atoms with van der Waals surface area (Å²) in [4.78, 5) is 2.34. The molecule has 3 heterocycles. The van der Waals surface area contributed by atoms with Crippen LogP contribution in [0.5, 0.6) is 0 Å². The van der Waals surface area contributed by atoms with Gasteiger partial charge in [0.15, 0.2) is 5.82 Å². The van der Waals surface area contributed by atoms with Gasteiger partial charge in [0.05, 0.1) is 11.8 Å². The van der Waals surface area contributed by atoms with E-state index < -0.39 is 0 Å². The van der Waals surface area contributed by atoms with Crippen molar-refractivity contribution in [2.75, 3.05) is 31.1 Å². The minimum absolute atomic E-state index is 0.410. The van der Waals surface area contributed by atoms with Gasteiger partial charge in [-0.05, 0) is 51.2 Å². The van der Waals surface area contributed by atoms with Gasteiger partial charge in [0, 0.05) is 32.3 Å². The molecule has 116 valence electrons. The van der Waals surface area contributed by atoms with Crippen LogP contribution in [0.3, 0.4) is 0 Å². The molecule has 2 unspecified atom stereocenters. The van der Waals surface area contributed by atoms with Gasteiger partial charge in [0.2, 0.25) is 0 Å². The minimum Gasteiger partial charge on any atom is -0.377 e. The lowest BCUT2D eigenvalue weighted by atomic mass is 10.0. The van der Waals surface area contributed by atoms with Crippen molar-refractivity contribution < 1.29 is 4.74 Å². The van der Waals surface area contributed by atoms with Gasteiger partial charge >= 0.3 is 0 Å². The predicted molar refractivity (Wildman–Crippen MR) is 83.6 cm³/mol. The third-order valence-electron chi connectivity index (χ3n) is 4.44. The third-order valence-corrected chi connectivity index (χ3v) is 4.44. The Morgan fingerprint density at radius 1 is 1.24 bits per heavy atom. The first-order valence-electron chi connectivity index (χ1n) is 8.21. The number of hydrogen-bond donors (Lipinski definition) is 1. The summed E-state index contributed by atoms with van der Waals surface area (Å²) >= 11 is 0. The van der Waals surface area contributed by atoms with E-state index in [0.717, 1.165) is 37.8 Å². The molecule has 0 radical (unpaired) electrons. The summed E-state index contributed by atoms with van der Waals surface area (Å²) in [6.45, 7) is 5.99. The summed E-state index contributed by atoms with van der Waals surface area (Å²) in [6, 6.07) is 4.65. The highest BCUT2D eigenvalue weighted by molar-refractivity contribution is 5.38. The predicted octanol–water partition coefficient (Wildman–Crippen LogP) is 1.91. The summed E-state index contributed by atoms with van der Waals surface area (Å²) < 4.78 is 5.80. The lowest BCUT2D eigenvalue weighted by molar-refractivity contribution is 0.0151. The molecule has 0 saturated carbocycles. The van der Waals surface area contributed by atoms with Crippen LogP contribution >= 0.6 is 0 Å². The fourth-order valence-electron chi connectivity index (χ4n) is 3.18. The summed E-state index contributed by atoms with van der Waals surface area (Å²) in [6.07, 6.45) is 6.59. The zero-order chi connectivity index (χ0) is 14.5. The molecule has 3 rings (SSSR count). The molecule has 0 aliphatic carbocycles. The van der Waals surface area contributed by atoms with Crippen molar-refractivity contribution in [2.24, 2.45) is 0 Å². The summed E-state index contributed by atoms with van der Waals surface area (Å²) in [5, 5.41) is 12.2. The van der Waals surface area contributed by atoms with Crippen LogP contribution in [0, 0.1) is 6.92 Å². The van der Waals surface area contributed by atoms with E-state index in [-0.39, 0.29) is 0 Å². The third kappa shape index (κ3) is 4.14. The van der Waals surface area contributed by atoms with Gasteiger partial charge in [0.1, 0.15) is 0 Å². The fourth-order valence-corrected chi connectivity index (χ4v) is 3.18. The molecule has 0 bridgehead atoms. The van der Waals surface area contributed by atoms with Crippen molar-refractivity contribution in [3.63, 3.8) is 0 Å². The highest BCUT2D eigenvalue weighted by Gasteiger charge is 2.22. The molecule has 5 nitrogen and oxygen atoms in total. The molecule has 0 amide bonds. The topological polar surface area (TPSA) is 50.3 Å². The van der Waals surface area contributed by atoms with Crippen molar-refractivity contribution in [1.29, 1.82) is 0 Å². The number of ether oxygens (including phenoxy) is 1. The summed E-state index contributed by atoms with van der Waals surface area (Å²) in [5.41, 5.74) is 0.972. The molecule has 2 fully saturated rings. The number of rotatable bonds is 4. The number of nitrogens with zero attached hydrogens (tertiary/aromatic N) is 3. The molecule has 2 aliphatic heterocycles. The van der Waals surface area contributed by atoms with Crippen molar-refractivity contribution in [3.05, 3.63) is 17.8 Å². The lowest BCUT2D eigenvalue weighted by Crippen LogP contribution is -2.48. The van der Waals surface area contributed by atoms with Crippen LogP contribution in [0.25, 0.3) is 0 Å². The standard InChI is InChI=1S/C16H26N4O/c1-13-7-8-16(19-18-13)20-9-4-5-14(12-20)17-11-15-6-2-3-10-21-15/h7-8,14-15,17H,2-6,9-12H2,1H3. The minimum atomic E-state index is 0.410. The van der Waals surface area contributed by atoms with Crippen LogP contribution < -0.4 is 10.2 Å². The van der Waals surface area contributed by atoms with Crippen molar-refractivity contribution in [1.82, 2.24) is 15.5 Å². The highest BCUT2D eigenvalue weighted by Crippen LogP contribution is 2.18. The van der Waals surface area contributed by atoms with Crippen LogP contribution in [-0.2, 0) is 4.74 Å². The van der Waals surface area contributed by atoms with Crippen LogP contribution in [0.4, 0.5) is 5.82 Å². The van der Waals surface area contributed by atoms with Crippen LogP contribution in [0.15, 0.2) is 12.1 Å². The molecule has 0 spiro atoms. The Morgan fingerprint density at radius 3 is 2.95 bits per heavy atom. The fraction of sp³-hybridized carbons (Fsp3) is 0.750. The Hall–Kier alpha value is -1.20. The Bertz CT molecular complexity index is 430. The first-order valence-corrected chi connectivity index (χ1v) is 8.21. The van der Waals surface area contributed by atoms with Gasteiger partial charge in [-0.2, -0.15) is 5.10 Å². The maximum atomic E-state index is 5.80. The van der Waals surface area contributed by atoms with Crippen molar-refractivity contribution in [3.8, 4) is 0 Å². The van der Waals surface area contributed by atoms with Crippen LogP contribution in [0.1, 0.15) is 37.8 Å². The number of piperidine rings is 1. The largest absolute Gasteiger partial charge is 0.377 e. The van der Waals surface area contributed by atoms with Crippen molar-refractivity contribution in [2.45, 2.75) is 51.2 Å². The SMILES string of the molecule is Cc1ccc(N2CCCC(NCC3CCCCO3)C2)nn1. The first kappa shape index (κ1) is 14.7. The van der Waals surface area contributed by atoms with Crippen molar-refractivity contribution >= 4 is 5.82 Å². The van der Waals surface area contributed by atoms with E-state index in [1.54, 1.807) is 0 Å². The highest BCUT2D eigenvalue weighted by atomic mass is 16.5. The number of aromatic nitrogens is 2. The van der Waals surface area contributed by atoms with Crippen LogP contribution in [0.2, 0.25) is 0 Å². The second kappa shape index (κ2) is 7.18. The normalized spacial score (nSPS) is 26.8. The molecule has 1 aromatic heterocycles. The summed E-state index contributed by atoms with van der Waals surface area (Å²) in [7, 11) is 0. The first-order chi connectivity index (χ1) is 10.3. The second-order valence-electron chi connectivity index (χ2n) is 6.21. The molecular formula is C16H26N4O. The monoisotopic (exact) mass is 290 g/mol. The van der Waals surface area contributed by atoms with E-state index in [9.17, 15) is 0 Å². The Morgan fingerprint density at radius 2 is 2.19 bits per heavy atom. The van der Waals surface area contributed by atoms with Crippen LogP contribution in [-0.4, -0.2) is 48.6 Å². The molecule has 2 atom stereocenters. The number of hydrogen-bond acceptors (Lipinski definition) is 5. The van der Waals surface area contributed by atoms with E-state index in [4.69, 9.17) is 4.74 Å². The quantitative estimate of drug-likeness (QED) is 0.918. The van der Waals surface area contributed by atoms with E-state index in [1.165, 1.54) is 32.1 Å². The molecule has 1 N–H and O–H groups in total. The zero-order valence-corrected chi connectivity index (χ0v) is 12.9. The molecule has 21 heavy (non-hydrogen) atoms. The number of aryl methyl sites for hydroxylation is 1. The van der Waals surface area contributed by atoms with E-state index in [0.29, 0.717) is 12.1 Å². The van der Waals surface area contributed by atoms with Gasteiger partial charge in [0.25, 0.3) is 0 Å². The molecule has 1 aromatic rings. The average molecular weight is 290 g/mol. The maximum absolute atomic E-state index is 5.80. The molecule has 2 saturated heterocycles. The second-order valence-corrected chi connectivity index (χ2v) is 6.21. The van der Waals surface area contributed by atoms with Gasteiger partial charge in [-0.1, -0.05) is 0 Å². The molecule has 5 heteroatoms. The molecule has 0 aromatic carbocycles. The van der Waals surface area contributed by atoms with Gasteiger partial charge in [-0.15, -0.1) is 5.10 Å². The molecular weight excluding hydrogens is 264 g/mol. The number of anilines is 1. The Labute approximate surface area is 127 Å². The number of nitrogens with one attached hydrogen (secondary N) is 1. The molecule has 2 aliphatic rings. The van der Waals surface area contributed by atoms with Gasteiger partial charge in [-0.25, -0.2) is 0 Å². The van der Waals surface area contributed by atoms with E-state index >= 15 is 0 Å². The van der Waals surface area contributed by atoms with Gasteiger partial charge in [-0.3, -0.25) is 0 Å². The summed E-state index contributed by atoms with van der Waals surface area (Å²) in [5.74, 6) is 1.00. The van der Waals surface area contributed by atoms with E-state index in [2.05, 4.69) is 26.5 Å². The Kier molecular flexibility index (Phi) is 5.04. The average Bonchev–Trinajstić information content (AvgIpc) is 2.55. The zero-order valence-electron chi connectivity index (χ0n) is 12.9. The van der Waals surface area contributed by atoms with E-state index in [1.807, 2.05) is 13.0 Å². The van der Waals surface area contributed by atoms with Gasteiger partial charge < -0.3 is 15.0 Å². The lowest BCUT2D eigenvalue weighted by Gasteiger charge is -2.35.